The van der Waals surface area contributed by atoms with E-state index in [2.05, 4.69) is 45.1 Å². The molecule has 14 nitrogen and oxygen atoms in total. The van der Waals surface area contributed by atoms with Gasteiger partial charge in [0.2, 0.25) is 0 Å². The molecule has 0 radical (unpaired) electrons. The lowest BCUT2D eigenvalue weighted by molar-refractivity contribution is -0.0445. The molecule has 2 aromatic carbocycles. The zero-order valence-corrected chi connectivity index (χ0v) is 32.1. The Bertz CT molecular complexity index is 1900. The summed E-state index contributed by atoms with van der Waals surface area (Å²) in [5, 5.41) is 24.3. The Kier molecular flexibility index (Phi) is 14.9. The maximum atomic E-state index is 11.2. The van der Waals surface area contributed by atoms with Gasteiger partial charge >= 0.3 is 10.4 Å². The molecule has 6 aliphatic rings. The van der Waals surface area contributed by atoms with Crippen LogP contribution in [-0.4, -0.2) is 111 Å². The number of aliphatic hydroxyl groups excluding tert-OH is 2. The molecule has 6 aliphatic heterocycles. The molecule has 4 aromatic rings. The van der Waals surface area contributed by atoms with Crippen LogP contribution >= 0.6 is 0 Å². The number of fused-ring (bicyclic) bond motifs is 8. The lowest BCUT2D eigenvalue weighted by atomic mass is 9.73. The minimum atomic E-state index is -4.67. The Hall–Kier alpha value is -4.03. The number of methoxy groups -OCH3 is 2. The second-order valence-electron chi connectivity index (χ2n) is 14.4. The van der Waals surface area contributed by atoms with Crippen molar-refractivity contribution in [2.24, 2.45) is 23.7 Å². The zero-order valence-electron chi connectivity index (χ0n) is 31.2. The van der Waals surface area contributed by atoms with Crippen molar-refractivity contribution >= 4 is 32.2 Å². The highest BCUT2D eigenvalue weighted by molar-refractivity contribution is 7.79. The average molecular weight is 783 g/mol. The molecule has 300 valence electrons. The van der Waals surface area contributed by atoms with E-state index in [1.165, 1.54) is 12.8 Å². The van der Waals surface area contributed by atoms with Crippen LogP contribution in [0.4, 0.5) is 0 Å². The van der Waals surface area contributed by atoms with E-state index >= 15 is 0 Å². The molecule has 4 unspecified atom stereocenters. The van der Waals surface area contributed by atoms with Gasteiger partial charge in [0, 0.05) is 48.3 Å². The van der Waals surface area contributed by atoms with Crippen LogP contribution in [0.1, 0.15) is 49.0 Å². The molecule has 6 fully saturated rings. The number of ether oxygens (including phenoxy) is 2. The molecule has 2 aromatic heterocycles. The van der Waals surface area contributed by atoms with Crippen LogP contribution in [-0.2, 0) is 10.4 Å². The molecule has 10 atom stereocenters. The molecule has 8 N–H and O–H groups in total. The molecule has 55 heavy (non-hydrogen) atoms. The number of benzene rings is 2. The van der Waals surface area contributed by atoms with Crippen LogP contribution in [0.25, 0.3) is 21.8 Å². The average Bonchev–Trinajstić information content (AvgIpc) is 3.19. The predicted octanol–water partition coefficient (Wildman–Crippen LogP) is 4.04. The van der Waals surface area contributed by atoms with E-state index in [0.717, 1.165) is 83.5 Å². The molecule has 0 spiro atoms. The molecule has 0 aliphatic carbocycles. The van der Waals surface area contributed by atoms with E-state index in [4.69, 9.17) is 27.0 Å². The Morgan fingerprint density at radius 2 is 1.11 bits per heavy atom. The summed E-state index contributed by atoms with van der Waals surface area (Å²) in [6.07, 6.45) is 11.2. The molecule has 0 amide bonds. The summed E-state index contributed by atoms with van der Waals surface area (Å²) < 4.78 is 42.3. The highest BCUT2D eigenvalue weighted by Crippen LogP contribution is 2.43. The van der Waals surface area contributed by atoms with Crippen molar-refractivity contribution in [2.75, 3.05) is 40.4 Å². The number of piperidine rings is 6. The first kappa shape index (κ1) is 43.7. The van der Waals surface area contributed by atoms with E-state index in [1.807, 2.05) is 48.5 Å². The SMILES string of the molecule is C=C[C@@H]1CN2CCC1C[C@@H]2[C@@H](O)c1ccnc2ccc(OC)cc12.C=C[C@@H]1CN2CCC1C[C@@H]2[C@@H](O)c1ccnc2ccc(OC)cc12.O.O.O=S(=O)(O)O. The summed E-state index contributed by atoms with van der Waals surface area (Å²) in [5.74, 6) is 4.01. The summed E-state index contributed by atoms with van der Waals surface area (Å²) in [4.78, 5) is 13.7. The maximum Gasteiger partial charge on any atom is 0.394 e. The van der Waals surface area contributed by atoms with Crippen LogP contribution < -0.4 is 9.47 Å². The van der Waals surface area contributed by atoms with Gasteiger partial charge in [-0.15, -0.1) is 13.2 Å². The molecule has 10 rings (SSSR count). The van der Waals surface area contributed by atoms with Gasteiger partial charge in [-0.25, -0.2) is 0 Å². The quantitative estimate of drug-likeness (QED) is 0.147. The smallest absolute Gasteiger partial charge is 0.394 e. The van der Waals surface area contributed by atoms with Crippen LogP contribution in [0.2, 0.25) is 0 Å². The number of aromatic nitrogens is 2. The van der Waals surface area contributed by atoms with Gasteiger partial charge in [0.05, 0.1) is 37.5 Å². The largest absolute Gasteiger partial charge is 0.497 e. The summed E-state index contributed by atoms with van der Waals surface area (Å²) in [5.41, 5.74) is 3.69. The topological polar surface area (TPSA) is 229 Å². The summed E-state index contributed by atoms with van der Waals surface area (Å²) in [7, 11) is -1.34. The maximum absolute atomic E-state index is 11.2. The Morgan fingerprint density at radius 1 is 0.727 bits per heavy atom. The van der Waals surface area contributed by atoms with E-state index in [-0.39, 0.29) is 23.0 Å². The van der Waals surface area contributed by atoms with Crippen molar-refractivity contribution in [3.05, 3.63) is 97.4 Å². The second kappa shape index (κ2) is 18.7. The van der Waals surface area contributed by atoms with Gasteiger partial charge in [-0.1, -0.05) is 12.2 Å². The highest BCUT2D eigenvalue weighted by Gasteiger charge is 2.43. The standard InChI is InChI=1S/2C20H24N2O2.H2O4S.2H2O/c2*1-3-13-12-22-9-7-14(13)10-19(22)20(23)16-6-8-21-18-5-4-15(24-2)11-17(16)18;1-5(2,3)4;;/h2*3-6,8,11,13-14,19-20,23H,1,7,9-10,12H2,2H3;(H2,1,2,3,4);2*1H2/t2*13-,14?,19-,20+;;;/m11.../s1. The van der Waals surface area contributed by atoms with Crippen LogP contribution in [0, 0.1) is 23.7 Å². The van der Waals surface area contributed by atoms with Gasteiger partial charge in [0.1, 0.15) is 11.5 Å². The number of hydrogen-bond acceptors (Lipinski definition) is 10. The molecular formula is C40H54N4O10S. The third kappa shape index (κ3) is 9.86. The number of nitrogens with zero attached hydrogens (tertiary/aromatic N) is 4. The number of aliphatic hydroxyl groups is 2. The van der Waals surface area contributed by atoms with Gasteiger partial charge in [-0.3, -0.25) is 28.9 Å². The van der Waals surface area contributed by atoms with E-state index in [9.17, 15) is 10.2 Å². The van der Waals surface area contributed by atoms with Crippen molar-refractivity contribution in [3.8, 4) is 11.5 Å². The first-order chi connectivity index (χ1) is 25.4. The fraction of sp³-hybridized carbons (Fsp3) is 0.450. The first-order valence-corrected chi connectivity index (χ1v) is 19.5. The third-order valence-electron chi connectivity index (χ3n) is 11.6. The van der Waals surface area contributed by atoms with Crippen molar-refractivity contribution in [1.29, 1.82) is 0 Å². The fourth-order valence-corrected chi connectivity index (χ4v) is 8.89. The van der Waals surface area contributed by atoms with Crippen molar-refractivity contribution < 1.29 is 48.2 Å². The van der Waals surface area contributed by atoms with E-state index in [0.29, 0.717) is 23.7 Å². The summed E-state index contributed by atoms with van der Waals surface area (Å²) in [6, 6.07) is 15.9. The number of pyridine rings is 2. The second-order valence-corrected chi connectivity index (χ2v) is 15.3. The first-order valence-electron chi connectivity index (χ1n) is 18.1. The van der Waals surface area contributed by atoms with Crippen molar-refractivity contribution in [1.82, 2.24) is 19.8 Å². The lowest BCUT2D eigenvalue weighted by Gasteiger charge is -2.50. The minimum Gasteiger partial charge on any atom is -0.497 e. The summed E-state index contributed by atoms with van der Waals surface area (Å²) >= 11 is 0. The van der Waals surface area contributed by atoms with Crippen molar-refractivity contribution in [2.45, 2.75) is 50.0 Å². The Morgan fingerprint density at radius 3 is 1.42 bits per heavy atom. The van der Waals surface area contributed by atoms with Crippen LogP contribution in [0.5, 0.6) is 11.5 Å². The molecular weight excluding hydrogens is 729 g/mol. The van der Waals surface area contributed by atoms with Gasteiger partial charge < -0.3 is 30.6 Å². The molecule has 0 saturated carbocycles. The number of rotatable bonds is 8. The monoisotopic (exact) mass is 782 g/mol. The molecule has 6 saturated heterocycles. The predicted molar refractivity (Wildman–Crippen MR) is 211 cm³/mol. The van der Waals surface area contributed by atoms with Crippen LogP contribution in [0.15, 0.2) is 86.2 Å². The zero-order chi connectivity index (χ0) is 37.9. The van der Waals surface area contributed by atoms with Gasteiger partial charge in [0.15, 0.2) is 0 Å². The van der Waals surface area contributed by atoms with E-state index in [1.54, 1.807) is 26.6 Å². The molecule has 15 heteroatoms. The Labute approximate surface area is 322 Å². The lowest BCUT2D eigenvalue weighted by Crippen LogP contribution is -2.54. The highest BCUT2D eigenvalue weighted by atomic mass is 32.3. The Balaban J connectivity index is 0.000000211. The van der Waals surface area contributed by atoms with Gasteiger partial charge in [-0.2, -0.15) is 8.42 Å². The van der Waals surface area contributed by atoms with Crippen LogP contribution in [0.3, 0.4) is 0 Å². The van der Waals surface area contributed by atoms with E-state index < -0.39 is 22.6 Å². The normalized spacial score (nSPS) is 27.5. The third-order valence-corrected chi connectivity index (χ3v) is 11.6. The van der Waals surface area contributed by atoms with Crippen molar-refractivity contribution in [3.63, 3.8) is 0 Å². The van der Waals surface area contributed by atoms with Gasteiger partial charge in [0.25, 0.3) is 0 Å². The minimum absolute atomic E-state index is 0. The number of hydrogen-bond donors (Lipinski definition) is 4. The fourth-order valence-electron chi connectivity index (χ4n) is 8.89. The van der Waals surface area contributed by atoms with Gasteiger partial charge in [-0.05, 0) is 122 Å². The molecule has 4 bridgehead atoms. The molecule has 8 heterocycles. The summed E-state index contributed by atoms with van der Waals surface area (Å²) in [6.45, 7) is 12.1.